The second-order valence-electron chi connectivity index (χ2n) is 4.58. The first-order valence-corrected chi connectivity index (χ1v) is 6.36. The Bertz CT molecular complexity index is 606. The van der Waals surface area contributed by atoms with Crippen molar-refractivity contribution in [1.29, 1.82) is 5.26 Å². The van der Waals surface area contributed by atoms with Crippen molar-refractivity contribution in [2.24, 2.45) is 5.92 Å². The fourth-order valence-electron chi connectivity index (χ4n) is 2.05. The minimum atomic E-state index is -0.0723. The smallest absolute Gasteiger partial charge is 0.259 e. The number of aromatic nitrogens is 3. The molecule has 0 bridgehead atoms. The zero-order valence-electron chi connectivity index (χ0n) is 10.6. The number of nitrogens with one attached hydrogen (secondary N) is 1. The third-order valence-corrected chi connectivity index (χ3v) is 3.14. The number of hydrogen-bond acceptors (Lipinski definition) is 5. The third kappa shape index (κ3) is 2.37. The lowest BCUT2D eigenvalue weighted by Gasteiger charge is -2.10. The van der Waals surface area contributed by atoms with E-state index in [2.05, 4.69) is 15.1 Å². The van der Waals surface area contributed by atoms with Gasteiger partial charge in [0.25, 0.3) is 5.89 Å². The summed E-state index contributed by atoms with van der Waals surface area (Å²) in [5, 5.41) is 12.8. The lowest BCUT2D eigenvalue weighted by atomic mass is 10.2. The summed E-state index contributed by atoms with van der Waals surface area (Å²) in [4.78, 5) is 7.21. The molecule has 2 aromatic rings. The highest BCUT2D eigenvalue weighted by Gasteiger charge is 2.36. The molecule has 1 unspecified atom stereocenters. The van der Waals surface area contributed by atoms with Gasteiger partial charge in [0.1, 0.15) is 17.9 Å². The molecule has 0 aliphatic heterocycles. The van der Waals surface area contributed by atoms with Crippen molar-refractivity contribution in [3.63, 3.8) is 0 Å². The number of rotatable bonds is 5. The summed E-state index contributed by atoms with van der Waals surface area (Å²) < 4.78 is 10.9. The van der Waals surface area contributed by atoms with Crippen LogP contribution in [0.15, 0.2) is 16.8 Å². The molecule has 1 fully saturated rings. The number of nitrogens with zero attached hydrogens (tertiary/aromatic N) is 3. The number of nitriles is 1. The minimum absolute atomic E-state index is 0.0723. The zero-order chi connectivity index (χ0) is 13.2. The maximum absolute atomic E-state index is 8.77. The lowest BCUT2D eigenvalue weighted by Crippen LogP contribution is -2.08. The zero-order valence-corrected chi connectivity index (χ0v) is 10.6. The van der Waals surface area contributed by atoms with Crippen LogP contribution in [0.4, 0.5) is 0 Å². The summed E-state index contributed by atoms with van der Waals surface area (Å²) >= 11 is 0. The average molecular weight is 258 g/mol. The van der Waals surface area contributed by atoms with E-state index in [1.165, 1.54) is 0 Å². The van der Waals surface area contributed by atoms with Crippen LogP contribution in [0.5, 0.6) is 0 Å². The Morgan fingerprint density at radius 1 is 1.63 bits per heavy atom. The number of H-pyrrole nitrogens is 1. The summed E-state index contributed by atoms with van der Waals surface area (Å²) in [6.07, 6.45) is 3.91. The highest BCUT2D eigenvalue weighted by Crippen LogP contribution is 2.42. The van der Waals surface area contributed by atoms with Gasteiger partial charge in [-0.3, -0.25) is 0 Å². The monoisotopic (exact) mass is 258 g/mol. The van der Waals surface area contributed by atoms with Gasteiger partial charge in [-0.15, -0.1) is 0 Å². The van der Waals surface area contributed by atoms with E-state index in [0.29, 0.717) is 29.9 Å². The van der Waals surface area contributed by atoms with Crippen molar-refractivity contribution in [1.82, 2.24) is 15.1 Å². The fraction of sp³-hybridized carbons (Fsp3) is 0.462. The normalized spacial score (nSPS) is 16.2. The molecule has 0 amide bonds. The predicted molar refractivity (Wildman–Crippen MR) is 65.9 cm³/mol. The molecule has 6 nitrogen and oxygen atoms in total. The molecule has 1 N–H and O–H groups in total. The Kier molecular flexibility index (Phi) is 3.05. The Labute approximate surface area is 110 Å². The molecular weight excluding hydrogens is 244 g/mol. The van der Waals surface area contributed by atoms with E-state index in [1.54, 1.807) is 12.3 Å². The van der Waals surface area contributed by atoms with Crippen LogP contribution in [0, 0.1) is 17.2 Å². The van der Waals surface area contributed by atoms with Crippen LogP contribution in [-0.2, 0) is 4.74 Å². The van der Waals surface area contributed by atoms with E-state index < -0.39 is 0 Å². The van der Waals surface area contributed by atoms with E-state index in [9.17, 15) is 0 Å². The number of ether oxygens (including phenoxy) is 1. The summed E-state index contributed by atoms with van der Waals surface area (Å²) in [6, 6.07) is 3.71. The second kappa shape index (κ2) is 4.86. The maximum atomic E-state index is 8.77. The molecule has 1 aliphatic carbocycles. The second-order valence-corrected chi connectivity index (χ2v) is 4.58. The van der Waals surface area contributed by atoms with Gasteiger partial charge in [0, 0.05) is 12.8 Å². The molecule has 19 heavy (non-hydrogen) atoms. The fourth-order valence-corrected chi connectivity index (χ4v) is 2.05. The molecule has 3 rings (SSSR count). The molecule has 98 valence electrons. The van der Waals surface area contributed by atoms with Gasteiger partial charge in [0.2, 0.25) is 5.82 Å². The van der Waals surface area contributed by atoms with Crippen molar-refractivity contribution < 1.29 is 9.26 Å². The maximum Gasteiger partial charge on any atom is 0.259 e. The van der Waals surface area contributed by atoms with E-state index in [0.717, 1.165) is 18.4 Å². The van der Waals surface area contributed by atoms with Crippen LogP contribution in [0.2, 0.25) is 0 Å². The molecule has 2 aromatic heterocycles. The van der Waals surface area contributed by atoms with Crippen molar-refractivity contribution >= 4 is 0 Å². The van der Waals surface area contributed by atoms with Gasteiger partial charge in [0.05, 0.1) is 5.56 Å². The first-order valence-electron chi connectivity index (χ1n) is 6.36. The Morgan fingerprint density at radius 3 is 3.11 bits per heavy atom. The molecule has 0 saturated heterocycles. The van der Waals surface area contributed by atoms with Gasteiger partial charge in [-0.05, 0) is 31.7 Å². The summed E-state index contributed by atoms with van der Waals surface area (Å²) in [5.74, 6) is 1.52. The van der Waals surface area contributed by atoms with Crippen LogP contribution >= 0.6 is 0 Å². The van der Waals surface area contributed by atoms with E-state index >= 15 is 0 Å². The Balaban J connectivity index is 1.83. The summed E-state index contributed by atoms with van der Waals surface area (Å²) in [6.45, 7) is 2.59. The van der Waals surface area contributed by atoms with Crippen LogP contribution in [0.25, 0.3) is 11.5 Å². The van der Waals surface area contributed by atoms with Gasteiger partial charge in [-0.2, -0.15) is 10.2 Å². The van der Waals surface area contributed by atoms with Gasteiger partial charge in [-0.1, -0.05) is 5.16 Å². The molecule has 2 heterocycles. The highest BCUT2D eigenvalue weighted by molar-refractivity contribution is 5.54. The standard InChI is InChI=1S/C13H14N4O2/c1-2-18-11(8-3-4-8)12-16-13(19-17-12)9-5-10(6-14)15-7-9/h5,7-8,11,15H,2-4H2,1H3. The van der Waals surface area contributed by atoms with Gasteiger partial charge < -0.3 is 14.2 Å². The molecule has 1 atom stereocenters. The average Bonchev–Trinajstić information content (AvgIpc) is 2.96. The van der Waals surface area contributed by atoms with Crippen LogP contribution < -0.4 is 0 Å². The quantitative estimate of drug-likeness (QED) is 0.889. The van der Waals surface area contributed by atoms with Crippen LogP contribution in [-0.4, -0.2) is 21.7 Å². The molecule has 0 radical (unpaired) electrons. The largest absolute Gasteiger partial charge is 0.370 e. The predicted octanol–water partition coefficient (Wildman–Crippen LogP) is 2.42. The molecular formula is C13H14N4O2. The van der Waals surface area contributed by atoms with Crippen molar-refractivity contribution in [2.75, 3.05) is 6.61 Å². The molecule has 1 saturated carbocycles. The van der Waals surface area contributed by atoms with Gasteiger partial charge >= 0.3 is 0 Å². The first kappa shape index (κ1) is 11.9. The van der Waals surface area contributed by atoms with Gasteiger partial charge in [-0.25, -0.2) is 0 Å². The Hall–Kier alpha value is -2.13. The van der Waals surface area contributed by atoms with E-state index in [1.807, 2.05) is 13.0 Å². The minimum Gasteiger partial charge on any atom is -0.370 e. The summed E-state index contributed by atoms with van der Waals surface area (Å²) in [5.41, 5.74) is 1.19. The molecule has 0 aromatic carbocycles. The molecule has 6 heteroatoms. The third-order valence-electron chi connectivity index (χ3n) is 3.14. The highest BCUT2D eigenvalue weighted by atomic mass is 16.5. The summed E-state index contributed by atoms with van der Waals surface area (Å²) in [7, 11) is 0. The van der Waals surface area contributed by atoms with Gasteiger partial charge in [0.15, 0.2) is 0 Å². The molecule has 0 spiro atoms. The van der Waals surface area contributed by atoms with E-state index in [4.69, 9.17) is 14.5 Å². The van der Waals surface area contributed by atoms with Crippen LogP contribution in [0.3, 0.4) is 0 Å². The van der Waals surface area contributed by atoms with Crippen LogP contribution in [0.1, 0.15) is 37.4 Å². The SMILES string of the molecule is CCOC(c1noc(-c2c[nH]c(C#N)c2)n1)C1CC1. The number of aromatic amines is 1. The number of hydrogen-bond donors (Lipinski definition) is 1. The lowest BCUT2D eigenvalue weighted by molar-refractivity contribution is 0.0385. The first-order chi connectivity index (χ1) is 9.31. The van der Waals surface area contributed by atoms with Crippen molar-refractivity contribution in [2.45, 2.75) is 25.9 Å². The topological polar surface area (TPSA) is 87.7 Å². The van der Waals surface area contributed by atoms with Crippen molar-refractivity contribution in [3.8, 4) is 17.5 Å². The molecule has 1 aliphatic rings. The van der Waals surface area contributed by atoms with E-state index in [-0.39, 0.29) is 6.10 Å². The van der Waals surface area contributed by atoms with Crippen molar-refractivity contribution in [3.05, 3.63) is 23.8 Å². The Morgan fingerprint density at radius 2 is 2.47 bits per heavy atom.